The summed E-state index contributed by atoms with van der Waals surface area (Å²) in [5.41, 5.74) is 0. The summed E-state index contributed by atoms with van der Waals surface area (Å²) in [7, 11) is 10.9. The molecule has 0 radical (unpaired) electrons. The Labute approximate surface area is 70.4 Å². The van der Waals surface area contributed by atoms with E-state index in [9.17, 15) is 0 Å². The lowest BCUT2D eigenvalue weighted by Gasteiger charge is -1.90. The molecule has 0 saturated heterocycles. The molecule has 0 fully saturated rings. The summed E-state index contributed by atoms with van der Waals surface area (Å²) in [6.45, 7) is 2.27. The molecular formula is C3H15B7. The third-order valence-corrected chi connectivity index (χ3v) is 1.96. The zero-order valence-corrected chi connectivity index (χ0v) is 7.66. The third kappa shape index (κ3) is 8.45. The summed E-state index contributed by atoms with van der Waals surface area (Å²) in [4.78, 5) is 0. The molecule has 0 aromatic heterocycles. The standard InChI is InChI=1S/C3H15B7/c1-2-3-5-7-9-10-8-6-4/h5-10H,2-4H2,1H3. The van der Waals surface area contributed by atoms with Gasteiger partial charge in [0.15, 0.2) is 0 Å². The van der Waals surface area contributed by atoms with Crippen molar-refractivity contribution in [3.8, 4) is 0 Å². The van der Waals surface area contributed by atoms with Crippen LogP contribution in [0.15, 0.2) is 0 Å². The van der Waals surface area contributed by atoms with Crippen molar-refractivity contribution in [2.24, 2.45) is 0 Å². The first-order valence-corrected chi connectivity index (χ1v) is 4.91. The van der Waals surface area contributed by atoms with Gasteiger partial charge in [0.05, 0.1) is 14.9 Å². The summed E-state index contributed by atoms with van der Waals surface area (Å²) in [6.07, 6.45) is 2.81. The Hall–Kier alpha value is 0.455. The van der Waals surface area contributed by atoms with Gasteiger partial charge in [-0.15, -0.1) is 0 Å². The Kier molecular flexibility index (Phi) is 9.88. The van der Waals surface area contributed by atoms with Crippen molar-refractivity contribution in [1.29, 1.82) is 0 Å². The maximum atomic E-state index is 2.27. The van der Waals surface area contributed by atoms with Gasteiger partial charge in [0.1, 0.15) is 0 Å². The van der Waals surface area contributed by atoms with Gasteiger partial charge in [0.25, 0.3) is 0 Å². The van der Waals surface area contributed by atoms with E-state index in [-0.39, 0.29) is 0 Å². The lowest BCUT2D eigenvalue weighted by molar-refractivity contribution is 1.08. The number of rotatable bonds is 7. The van der Waals surface area contributed by atoms with Crippen molar-refractivity contribution in [2.45, 2.75) is 19.7 Å². The van der Waals surface area contributed by atoms with Gasteiger partial charge in [-0.2, -0.15) is 0 Å². The highest BCUT2D eigenvalue weighted by atomic mass is 13.6. The molecule has 0 aliphatic rings. The number of hydrogen-bond acceptors (Lipinski definition) is 0. The maximum absolute atomic E-state index is 2.27. The second-order valence-corrected chi connectivity index (χ2v) is 3.12. The Morgan fingerprint density at radius 1 is 1.10 bits per heavy atom. The van der Waals surface area contributed by atoms with E-state index in [1.54, 1.807) is 0 Å². The van der Waals surface area contributed by atoms with Crippen LogP contribution in [0.5, 0.6) is 0 Å². The average Bonchev–Trinajstić information content (AvgIpc) is 1.97. The second-order valence-electron chi connectivity index (χ2n) is 3.12. The smallest absolute Gasteiger partial charge is 0.0776 e. The minimum absolute atomic E-state index is 1.37. The van der Waals surface area contributed by atoms with Crippen LogP contribution in [0.3, 0.4) is 0 Å². The lowest BCUT2D eigenvalue weighted by Crippen LogP contribution is -2.26. The van der Waals surface area contributed by atoms with E-state index in [2.05, 4.69) is 14.7 Å². The molecule has 0 bridgehead atoms. The maximum Gasteiger partial charge on any atom is 0.0776 e. The van der Waals surface area contributed by atoms with Crippen LogP contribution in [0.4, 0.5) is 0 Å². The van der Waals surface area contributed by atoms with Crippen molar-refractivity contribution in [2.75, 3.05) is 0 Å². The van der Waals surface area contributed by atoms with Crippen molar-refractivity contribution in [3.63, 3.8) is 0 Å². The highest BCUT2D eigenvalue weighted by molar-refractivity contribution is 7.61. The predicted molar refractivity (Wildman–Crippen MR) is 66.5 cm³/mol. The highest BCUT2D eigenvalue weighted by Crippen LogP contribution is 1.81. The first-order chi connectivity index (χ1) is 4.91. The molecule has 48 valence electrons. The van der Waals surface area contributed by atoms with Crippen molar-refractivity contribution < 1.29 is 0 Å². The van der Waals surface area contributed by atoms with Gasteiger partial charge in [-0.1, -0.05) is 19.7 Å². The third-order valence-electron chi connectivity index (χ3n) is 1.96. The molecule has 0 N–H and O–H groups in total. The molecule has 0 unspecified atom stereocenters. The van der Waals surface area contributed by atoms with E-state index in [4.69, 9.17) is 0 Å². The van der Waals surface area contributed by atoms with Crippen LogP contribution in [-0.2, 0) is 0 Å². The molecule has 0 atom stereocenters. The number of hydrogen-bond donors (Lipinski definition) is 0. The van der Waals surface area contributed by atoms with E-state index in [0.29, 0.717) is 0 Å². The quantitative estimate of drug-likeness (QED) is 0.246. The van der Waals surface area contributed by atoms with Crippen LogP contribution < -0.4 is 0 Å². The molecular weight excluding hydrogens is 112 g/mol. The predicted octanol–water partition coefficient (Wildman–Crippen LogP) is -3.44. The molecule has 0 amide bonds. The van der Waals surface area contributed by atoms with Crippen LogP contribution >= 0.6 is 0 Å². The molecule has 0 aliphatic heterocycles. The largest absolute Gasteiger partial charge is 0.0856 e. The Morgan fingerprint density at radius 3 is 2.40 bits per heavy atom. The molecule has 0 heterocycles. The molecule has 0 spiro atoms. The monoisotopic (exact) mass is 128 g/mol. The van der Waals surface area contributed by atoms with E-state index in [1.807, 2.05) is 0 Å². The molecule has 0 nitrogen and oxygen atoms in total. The van der Waals surface area contributed by atoms with Gasteiger partial charge in [-0.3, -0.25) is 0 Å². The van der Waals surface area contributed by atoms with Gasteiger partial charge < -0.3 is 0 Å². The van der Waals surface area contributed by atoms with Gasteiger partial charge in [0, 0.05) is 35.3 Å². The van der Waals surface area contributed by atoms with Crippen molar-refractivity contribution >= 4 is 50.2 Å². The Bertz CT molecular complexity index is 48.8. The highest BCUT2D eigenvalue weighted by Gasteiger charge is 1.95. The van der Waals surface area contributed by atoms with Crippen LogP contribution in [0.2, 0.25) is 6.32 Å². The molecule has 0 saturated carbocycles. The Balaban J connectivity index is 2.65. The fourth-order valence-corrected chi connectivity index (χ4v) is 1.21. The van der Waals surface area contributed by atoms with Crippen LogP contribution in [0.25, 0.3) is 0 Å². The molecule has 0 rings (SSSR count). The zero-order valence-electron chi connectivity index (χ0n) is 7.66. The van der Waals surface area contributed by atoms with E-state index in [1.165, 1.54) is 55.2 Å². The Morgan fingerprint density at radius 2 is 1.80 bits per heavy atom. The average molecular weight is 127 g/mol. The van der Waals surface area contributed by atoms with Crippen LogP contribution in [0.1, 0.15) is 13.3 Å². The molecule has 0 aromatic rings. The normalized spacial score (nSPS) is 7.70. The van der Waals surface area contributed by atoms with Crippen LogP contribution in [-0.4, -0.2) is 50.2 Å². The summed E-state index contributed by atoms with van der Waals surface area (Å²) in [5, 5.41) is 0. The van der Waals surface area contributed by atoms with Gasteiger partial charge in [-0.25, -0.2) is 0 Å². The SMILES string of the molecule is BBBBBBBCCC. The van der Waals surface area contributed by atoms with E-state index >= 15 is 0 Å². The van der Waals surface area contributed by atoms with Crippen molar-refractivity contribution in [1.82, 2.24) is 0 Å². The van der Waals surface area contributed by atoms with Gasteiger partial charge in [0.2, 0.25) is 0 Å². The fraction of sp³-hybridized carbons (Fsp3) is 1.00. The van der Waals surface area contributed by atoms with Gasteiger partial charge >= 0.3 is 0 Å². The molecule has 10 heavy (non-hydrogen) atoms. The molecule has 0 aromatic carbocycles. The van der Waals surface area contributed by atoms with Crippen molar-refractivity contribution in [3.05, 3.63) is 0 Å². The van der Waals surface area contributed by atoms with Crippen LogP contribution in [0, 0.1) is 0 Å². The molecule has 7 heteroatoms. The minimum Gasteiger partial charge on any atom is -0.0856 e. The van der Waals surface area contributed by atoms with E-state index in [0.717, 1.165) is 0 Å². The molecule has 0 aliphatic carbocycles. The first kappa shape index (κ1) is 10.5. The zero-order chi connectivity index (χ0) is 7.66. The summed E-state index contributed by atoms with van der Waals surface area (Å²) in [6, 6.07) is 0. The second kappa shape index (κ2) is 9.45. The topological polar surface area (TPSA) is 0 Å². The summed E-state index contributed by atoms with van der Waals surface area (Å²) < 4.78 is 0. The summed E-state index contributed by atoms with van der Waals surface area (Å²) >= 11 is 0. The fourth-order valence-electron chi connectivity index (χ4n) is 1.21. The summed E-state index contributed by atoms with van der Waals surface area (Å²) in [5.74, 6) is 0. The minimum atomic E-state index is 1.37. The van der Waals surface area contributed by atoms with E-state index < -0.39 is 0 Å². The van der Waals surface area contributed by atoms with Gasteiger partial charge in [-0.05, 0) is 0 Å². The lowest BCUT2D eigenvalue weighted by atomic mass is 8.95. The first-order valence-electron chi connectivity index (χ1n) is 4.91.